The zero-order valence-corrected chi connectivity index (χ0v) is 47.3. The van der Waals surface area contributed by atoms with Gasteiger partial charge in [0.05, 0.1) is 51.1 Å². The predicted molar refractivity (Wildman–Crippen MR) is 297 cm³/mol. The number of nitrogens with zero attached hydrogens (tertiary/aromatic N) is 3. The minimum atomic E-state index is -2.93. The molecule has 2 heterocycles. The van der Waals surface area contributed by atoms with Gasteiger partial charge in [-0.25, -0.2) is 19.6 Å². The third-order valence-corrected chi connectivity index (χ3v) is 13.1. The van der Waals surface area contributed by atoms with E-state index in [4.69, 9.17) is 5.73 Å². The summed E-state index contributed by atoms with van der Waals surface area (Å²) in [5.74, 6) is -20.1. The van der Waals surface area contributed by atoms with Crippen LogP contribution >= 0.6 is 12.6 Å². The number of aromatic nitrogens is 4. The van der Waals surface area contributed by atoms with Gasteiger partial charge in [-0.05, 0) is 30.7 Å². The fourth-order valence-corrected chi connectivity index (χ4v) is 8.02. The summed E-state index contributed by atoms with van der Waals surface area (Å²) in [4.78, 5) is 170. The van der Waals surface area contributed by atoms with Crippen molar-refractivity contribution >= 4 is 101 Å². The zero-order chi connectivity index (χ0) is 68.0. The van der Waals surface area contributed by atoms with Crippen LogP contribution in [0.15, 0.2) is 35.3 Å². The van der Waals surface area contributed by atoms with Crippen LogP contribution in [0, 0.1) is 0 Å². The summed E-state index contributed by atoms with van der Waals surface area (Å²) >= 11 is 3.74. The first-order valence-electron chi connectivity index (χ1n) is 26.1. The van der Waals surface area contributed by atoms with Crippen LogP contribution in [-0.2, 0) is 54.5 Å². The number of carbonyl (C=O) groups excluding carboxylic acids is 7. The molecule has 0 unspecified atom stereocenters. The number of amides is 7. The number of aromatic amines is 1. The molecule has 3 rings (SSSR count). The van der Waals surface area contributed by atoms with Crippen molar-refractivity contribution in [2.24, 2.45) is 0 Å². The number of benzene rings is 1. The van der Waals surface area contributed by atoms with E-state index in [1.807, 2.05) is 5.32 Å². The lowest BCUT2D eigenvalue weighted by atomic mass is 9.98. The molecule has 0 radical (unpaired) electrons. The highest BCUT2D eigenvalue weighted by atomic mass is 32.1. The Bertz CT molecular complexity index is 3090. The van der Waals surface area contributed by atoms with E-state index in [2.05, 4.69) is 43.2 Å². The van der Waals surface area contributed by atoms with Crippen LogP contribution in [0.1, 0.15) is 41.7 Å². The van der Waals surface area contributed by atoms with Crippen molar-refractivity contribution in [3.63, 3.8) is 0 Å². The van der Waals surface area contributed by atoms with Crippen LogP contribution in [0.5, 0.6) is 0 Å². The maximum Gasteiger partial charge on any atom is 0.327 e. The first-order valence-corrected chi connectivity index (χ1v) is 26.8. The molecule has 0 aliphatic heterocycles. The Balaban J connectivity index is 1.91. The quantitative estimate of drug-likeness (QED) is 0.0237. The van der Waals surface area contributed by atoms with Gasteiger partial charge in [0, 0.05) is 23.4 Å². The van der Waals surface area contributed by atoms with E-state index in [1.54, 1.807) is 26.6 Å². The number of aliphatic hydroxyl groups excluding tert-OH is 12. The minimum Gasteiger partial charge on any atom is -0.481 e. The van der Waals surface area contributed by atoms with E-state index in [9.17, 15) is 139 Å². The molecule has 27 N–H and O–H groups in total. The lowest BCUT2D eigenvalue weighted by molar-refractivity contribution is -0.147. The molecule has 0 bridgehead atoms. The standard InChI is InChI=1S/C48H67N13O28S/c49-48-60-38-31(45(85)61-48)52-17(10-51-38)9-50-16-3-1-15(2-4-16)39(79)53-18(46(86)87)5-6-25(68)57-28(35(76)32(73)22(65)11-62)42(82)54-19(7-26(69)70)40(80)58-29(36(77)33(74)23(66)12-63)43(83)55-20(8-27(71)72)41(81)59-30(37(78)34(75)24(67)13-64)44(84)56-21(14-90)47(88)89/h1-4,10,18-24,28-30,32-37,50,62-67,73-78,90H,5-9,11-14H2,(H,53,79)(H,54,82)(H,55,83)(H,56,84)(H,57,68)(H,58,80)(H,59,81)(H,69,70)(H,71,72)(H,86,87)(H,88,89)(H3,49,51,60,61,85)/t18-,19-,20-,21-,22+,23+,24+,28-,29-,30-,32+,33+,34+,35+,36+,37+/m0/s1. The second kappa shape index (κ2) is 35.3. The number of aliphatic hydroxyl groups is 12. The van der Waals surface area contributed by atoms with Crippen molar-refractivity contribution in [3.8, 4) is 0 Å². The van der Waals surface area contributed by atoms with Gasteiger partial charge in [0.25, 0.3) is 11.5 Å². The van der Waals surface area contributed by atoms with Gasteiger partial charge >= 0.3 is 23.9 Å². The number of nitrogens with two attached hydrogens (primary N) is 1. The Kier molecular flexibility index (Phi) is 29.6. The van der Waals surface area contributed by atoms with Gasteiger partial charge in [-0.2, -0.15) is 17.6 Å². The van der Waals surface area contributed by atoms with E-state index < -0.39 is 219 Å². The van der Waals surface area contributed by atoms with Crippen molar-refractivity contribution in [1.29, 1.82) is 0 Å². The van der Waals surface area contributed by atoms with Crippen LogP contribution in [0.3, 0.4) is 0 Å². The number of fused-ring (bicyclic) bond motifs is 1. The maximum atomic E-state index is 14.0. The van der Waals surface area contributed by atoms with Gasteiger partial charge in [0.1, 0.15) is 97.2 Å². The number of aliphatic carboxylic acids is 4. The molecule has 498 valence electrons. The highest BCUT2D eigenvalue weighted by Crippen LogP contribution is 2.16. The number of hydrogen-bond donors (Lipinski definition) is 27. The summed E-state index contributed by atoms with van der Waals surface area (Å²) in [5.41, 5.74) is 5.35. The Morgan fingerprint density at radius 1 is 0.533 bits per heavy atom. The number of nitrogens with one attached hydrogen (secondary N) is 9. The van der Waals surface area contributed by atoms with Crippen molar-refractivity contribution in [3.05, 3.63) is 52.1 Å². The van der Waals surface area contributed by atoms with E-state index >= 15 is 0 Å². The molecule has 0 spiro atoms. The average molecular weight is 1310 g/mol. The summed E-state index contributed by atoms with van der Waals surface area (Å²) in [6.07, 6.45) is -26.9. The lowest BCUT2D eigenvalue weighted by Gasteiger charge is -2.33. The summed E-state index contributed by atoms with van der Waals surface area (Å²) in [6.45, 7) is -4.04. The van der Waals surface area contributed by atoms with Gasteiger partial charge in [0.15, 0.2) is 11.2 Å². The van der Waals surface area contributed by atoms with Crippen LogP contribution in [0.25, 0.3) is 11.2 Å². The third-order valence-electron chi connectivity index (χ3n) is 12.8. The zero-order valence-electron chi connectivity index (χ0n) is 46.4. The monoisotopic (exact) mass is 1310 g/mol. The first kappa shape index (κ1) is 75.3. The lowest BCUT2D eigenvalue weighted by Crippen LogP contribution is -2.66. The molecule has 0 fully saturated rings. The molecule has 0 aliphatic rings. The number of carboxylic acid groups (broad SMARTS) is 4. The highest BCUT2D eigenvalue weighted by Gasteiger charge is 2.44. The normalized spacial score (nSPS) is 16.7. The van der Waals surface area contributed by atoms with Crippen molar-refractivity contribution in [1.82, 2.24) is 57.2 Å². The van der Waals surface area contributed by atoms with Gasteiger partial charge in [0.2, 0.25) is 41.4 Å². The molecule has 41 nitrogen and oxygen atoms in total. The summed E-state index contributed by atoms with van der Waals surface area (Å²) < 4.78 is 0. The smallest absolute Gasteiger partial charge is 0.327 e. The number of thiol groups is 1. The maximum absolute atomic E-state index is 14.0. The number of nitrogen functional groups attached to an aromatic ring is 1. The fourth-order valence-electron chi connectivity index (χ4n) is 7.77. The minimum absolute atomic E-state index is 0.00782. The van der Waals surface area contributed by atoms with Crippen LogP contribution < -0.4 is 53.8 Å². The predicted octanol–water partition coefficient (Wildman–Crippen LogP) is -13.0. The number of anilines is 2. The van der Waals surface area contributed by atoms with Crippen LogP contribution in [-0.4, -0.2) is 290 Å². The third kappa shape index (κ3) is 22.0. The molecule has 0 aliphatic carbocycles. The van der Waals surface area contributed by atoms with E-state index in [0.717, 1.165) is 0 Å². The fraction of sp³-hybridized carbons (Fsp3) is 0.521. The van der Waals surface area contributed by atoms with Crippen molar-refractivity contribution < 1.29 is 134 Å². The summed E-state index contributed by atoms with van der Waals surface area (Å²) in [7, 11) is 0. The molecular weight excluding hydrogens is 1240 g/mol. The van der Waals surface area contributed by atoms with Crippen LogP contribution in [0.4, 0.5) is 11.6 Å². The number of rotatable bonds is 38. The van der Waals surface area contributed by atoms with Gasteiger partial charge in [-0.1, -0.05) is 0 Å². The van der Waals surface area contributed by atoms with E-state index in [-0.39, 0.29) is 29.2 Å². The average Bonchev–Trinajstić information content (AvgIpc) is 1.05. The Morgan fingerprint density at radius 2 is 0.956 bits per heavy atom. The molecule has 2 aromatic heterocycles. The molecular formula is C48H67N13O28S. The number of carboxylic acids is 4. The van der Waals surface area contributed by atoms with Crippen LogP contribution in [0.2, 0.25) is 0 Å². The molecule has 90 heavy (non-hydrogen) atoms. The van der Waals surface area contributed by atoms with Gasteiger partial charge < -0.3 is 130 Å². The highest BCUT2D eigenvalue weighted by molar-refractivity contribution is 7.80. The van der Waals surface area contributed by atoms with E-state index in [1.165, 1.54) is 30.5 Å². The number of hydrogen-bond acceptors (Lipinski definition) is 30. The Morgan fingerprint density at radius 3 is 1.36 bits per heavy atom. The SMILES string of the molecule is Nc1nc2ncc(CNc3ccc(C(=O)N[C@@H](CCC(=O)N[C@H](C(=O)N[C@@H](CC(=O)O)C(=O)N[C@H](C(=O)N[C@@H](CC(=O)O)C(=O)N[C@H](C(=O)N[C@@H](CS)C(=O)O)[C@@H](O)[C@H](O)[C@H](O)CO)[C@@H](O)[C@H](O)[C@H](O)CO)[C@@H](O)[C@H](O)[C@H](O)CO)C(=O)O)cc3)nc2c(=O)[nH]1. The molecule has 42 heteroatoms. The largest absolute Gasteiger partial charge is 0.481 e. The number of carbonyl (C=O) groups is 11. The molecule has 1 aromatic carbocycles. The molecule has 16 atom stereocenters. The second-order valence-corrected chi connectivity index (χ2v) is 19.8. The van der Waals surface area contributed by atoms with Gasteiger partial charge in [-0.3, -0.25) is 52.9 Å². The van der Waals surface area contributed by atoms with Crippen molar-refractivity contribution in [2.45, 2.75) is 129 Å². The molecule has 0 saturated heterocycles. The Hall–Kier alpha value is -8.92. The van der Waals surface area contributed by atoms with E-state index in [0.29, 0.717) is 11.4 Å². The Labute approximate surface area is 509 Å². The summed E-state index contributed by atoms with van der Waals surface area (Å²) in [5, 5.41) is 177. The topological polar surface area (TPSA) is 705 Å². The van der Waals surface area contributed by atoms with Crippen molar-refractivity contribution in [2.75, 3.05) is 36.6 Å². The van der Waals surface area contributed by atoms with Gasteiger partial charge in [-0.15, -0.1) is 0 Å². The second-order valence-electron chi connectivity index (χ2n) is 19.4. The molecule has 7 amide bonds. The molecule has 3 aromatic rings. The summed E-state index contributed by atoms with van der Waals surface area (Å²) in [6, 6.07) is -11.9. The first-order chi connectivity index (χ1) is 42.2. The number of H-pyrrole nitrogens is 1. The molecule has 0 saturated carbocycles.